The molecule has 0 saturated carbocycles. The second-order valence-corrected chi connectivity index (χ2v) is 8.43. The Morgan fingerprint density at radius 1 is 1.00 bits per heavy atom. The minimum Gasteiger partial charge on any atom is -0.328 e. The van der Waals surface area contributed by atoms with Crippen LogP contribution in [-0.4, -0.2) is 20.7 Å². The largest absolute Gasteiger partial charge is 0.328 e. The maximum absolute atomic E-state index is 13.5. The minimum atomic E-state index is -0.433. The lowest BCUT2D eigenvalue weighted by Gasteiger charge is -2.28. The van der Waals surface area contributed by atoms with Crippen molar-refractivity contribution >= 4 is 33.5 Å². The molecule has 1 unspecified atom stereocenters. The highest BCUT2D eigenvalue weighted by molar-refractivity contribution is 9.10. The number of hydrogen-bond donors (Lipinski definition) is 2. The molecule has 0 fully saturated rings. The number of carbonyl (C=O) groups is 1. The number of carbonyl (C=O) groups excluding carboxylic acids is 1. The maximum atomic E-state index is 13.5. The Morgan fingerprint density at radius 2 is 1.72 bits per heavy atom. The van der Waals surface area contributed by atoms with Crippen molar-refractivity contribution < 1.29 is 4.79 Å². The quantitative estimate of drug-likeness (QED) is 0.392. The second-order valence-electron chi connectivity index (χ2n) is 7.51. The van der Waals surface area contributed by atoms with Crippen LogP contribution < -0.4 is 10.6 Å². The predicted molar refractivity (Wildman–Crippen MR) is 129 cm³/mol. The van der Waals surface area contributed by atoms with Gasteiger partial charge in [0, 0.05) is 21.4 Å². The van der Waals surface area contributed by atoms with Crippen molar-refractivity contribution in [1.29, 1.82) is 0 Å². The number of aromatic nitrogens is 3. The summed E-state index contributed by atoms with van der Waals surface area (Å²) in [6.07, 6.45) is 0. The van der Waals surface area contributed by atoms with Crippen LogP contribution in [-0.2, 0) is 4.79 Å². The molecular weight excluding hydrogens is 466 g/mol. The van der Waals surface area contributed by atoms with Crippen LogP contribution >= 0.6 is 15.9 Å². The number of amides is 1. The first kappa shape index (κ1) is 20.2. The maximum Gasteiger partial charge on any atom is 0.255 e. The molecule has 0 bridgehead atoms. The molecule has 1 aromatic heterocycles. The van der Waals surface area contributed by atoms with Gasteiger partial charge in [0.1, 0.15) is 6.04 Å². The van der Waals surface area contributed by atoms with Crippen LogP contribution in [0.4, 0.5) is 11.6 Å². The number of para-hydroxylation sites is 1. The van der Waals surface area contributed by atoms with Crippen LogP contribution in [0, 0.1) is 0 Å². The summed E-state index contributed by atoms with van der Waals surface area (Å²) < 4.78 is 2.72. The average molecular weight is 486 g/mol. The van der Waals surface area contributed by atoms with Gasteiger partial charge in [-0.05, 0) is 36.8 Å². The Hall–Kier alpha value is -3.71. The fraction of sp³-hybridized carbons (Fsp3) is 0.0800. The van der Waals surface area contributed by atoms with E-state index in [0.717, 1.165) is 27.0 Å². The molecule has 1 aliphatic heterocycles. The van der Waals surface area contributed by atoms with Gasteiger partial charge in [-0.25, -0.2) is 4.68 Å². The summed E-state index contributed by atoms with van der Waals surface area (Å²) in [5, 5.41) is 11.1. The van der Waals surface area contributed by atoms with Gasteiger partial charge in [-0.2, -0.15) is 4.98 Å². The van der Waals surface area contributed by atoms with Crippen LogP contribution in [0.3, 0.4) is 0 Å². The molecule has 1 atom stereocenters. The molecule has 0 radical (unpaired) electrons. The number of benzene rings is 3. The second kappa shape index (κ2) is 8.43. The van der Waals surface area contributed by atoms with E-state index >= 15 is 0 Å². The number of anilines is 2. The van der Waals surface area contributed by atoms with Crippen molar-refractivity contribution in [2.75, 3.05) is 10.6 Å². The number of fused-ring (bicyclic) bond motifs is 1. The first-order valence-corrected chi connectivity index (χ1v) is 11.0. The van der Waals surface area contributed by atoms with Crippen LogP contribution in [0.15, 0.2) is 101 Å². The molecule has 4 aromatic rings. The topological polar surface area (TPSA) is 71.8 Å². The van der Waals surface area contributed by atoms with Gasteiger partial charge in [0.05, 0.1) is 5.57 Å². The van der Waals surface area contributed by atoms with Crippen molar-refractivity contribution in [2.24, 2.45) is 0 Å². The van der Waals surface area contributed by atoms with Crippen molar-refractivity contribution in [2.45, 2.75) is 13.0 Å². The van der Waals surface area contributed by atoms with Crippen LogP contribution in [0.25, 0.3) is 11.4 Å². The van der Waals surface area contributed by atoms with E-state index in [4.69, 9.17) is 10.1 Å². The number of allylic oxidation sites excluding steroid dienone is 1. The lowest BCUT2D eigenvalue weighted by atomic mass is 9.95. The molecule has 3 aromatic carbocycles. The van der Waals surface area contributed by atoms with Crippen molar-refractivity contribution in [3.8, 4) is 11.4 Å². The summed E-state index contributed by atoms with van der Waals surface area (Å²) in [5.74, 6) is 1.02. The highest BCUT2D eigenvalue weighted by atomic mass is 79.9. The van der Waals surface area contributed by atoms with Gasteiger partial charge in [-0.15, -0.1) is 5.10 Å². The predicted octanol–water partition coefficient (Wildman–Crippen LogP) is 5.64. The third-order valence-electron chi connectivity index (χ3n) is 5.33. The van der Waals surface area contributed by atoms with Crippen LogP contribution in [0.5, 0.6) is 0 Å². The molecule has 158 valence electrons. The van der Waals surface area contributed by atoms with E-state index in [2.05, 4.69) is 26.6 Å². The van der Waals surface area contributed by atoms with E-state index in [9.17, 15) is 4.79 Å². The van der Waals surface area contributed by atoms with Gasteiger partial charge in [0.25, 0.3) is 5.91 Å². The molecule has 32 heavy (non-hydrogen) atoms. The summed E-state index contributed by atoms with van der Waals surface area (Å²) in [5.41, 5.74) is 3.91. The van der Waals surface area contributed by atoms with Gasteiger partial charge in [-0.1, -0.05) is 76.6 Å². The highest BCUT2D eigenvalue weighted by Crippen LogP contribution is 2.37. The molecule has 2 N–H and O–H groups in total. The first-order valence-electron chi connectivity index (χ1n) is 10.2. The Balaban J connectivity index is 1.62. The van der Waals surface area contributed by atoms with E-state index < -0.39 is 6.04 Å². The first-order chi connectivity index (χ1) is 15.6. The van der Waals surface area contributed by atoms with E-state index in [1.54, 1.807) is 4.68 Å². The zero-order chi connectivity index (χ0) is 22.1. The van der Waals surface area contributed by atoms with Gasteiger partial charge >= 0.3 is 0 Å². The fourth-order valence-corrected chi connectivity index (χ4v) is 4.28. The van der Waals surface area contributed by atoms with Crippen molar-refractivity contribution in [1.82, 2.24) is 14.8 Å². The Bertz CT molecular complexity index is 1310. The van der Waals surface area contributed by atoms with Gasteiger partial charge in [-0.3, -0.25) is 4.79 Å². The molecule has 0 aliphatic carbocycles. The monoisotopic (exact) mass is 485 g/mol. The Kier molecular flexibility index (Phi) is 5.33. The Morgan fingerprint density at radius 3 is 2.44 bits per heavy atom. The molecule has 0 spiro atoms. The van der Waals surface area contributed by atoms with E-state index in [1.807, 2.05) is 91.9 Å². The van der Waals surface area contributed by atoms with Gasteiger partial charge in [0.15, 0.2) is 5.82 Å². The smallest absolute Gasteiger partial charge is 0.255 e. The minimum absolute atomic E-state index is 0.186. The van der Waals surface area contributed by atoms with Crippen LogP contribution in [0.2, 0.25) is 0 Å². The third-order valence-corrected chi connectivity index (χ3v) is 5.82. The zero-order valence-electron chi connectivity index (χ0n) is 17.3. The molecule has 6 nitrogen and oxygen atoms in total. The number of nitrogens with one attached hydrogen (secondary N) is 2. The average Bonchev–Trinajstić information content (AvgIpc) is 3.23. The summed E-state index contributed by atoms with van der Waals surface area (Å²) in [7, 11) is 0. The van der Waals surface area contributed by atoms with Gasteiger partial charge < -0.3 is 10.6 Å². The number of hydrogen-bond acceptors (Lipinski definition) is 4. The lowest BCUT2D eigenvalue weighted by Crippen LogP contribution is -2.31. The fourth-order valence-electron chi connectivity index (χ4n) is 3.86. The zero-order valence-corrected chi connectivity index (χ0v) is 18.9. The van der Waals surface area contributed by atoms with Crippen LogP contribution in [0.1, 0.15) is 18.5 Å². The molecule has 1 aliphatic rings. The normalized spacial score (nSPS) is 15.1. The molecule has 7 heteroatoms. The lowest BCUT2D eigenvalue weighted by molar-refractivity contribution is -0.113. The van der Waals surface area contributed by atoms with Gasteiger partial charge in [0.2, 0.25) is 5.95 Å². The van der Waals surface area contributed by atoms with E-state index in [0.29, 0.717) is 17.3 Å². The number of nitrogens with zero attached hydrogens (tertiary/aromatic N) is 3. The SMILES string of the molecule is CC1=C(C(=O)Nc2ccccc2)C(c2cccc(Br)c2)n2nc(-c3ccccc3)nc2N1. The van der Waals surface area contributed by atoms with E-state index in [1.165, 1.54) is 0 Å². The highest BCUT2D eigenvalue weighted by Gasteiger charge is 2.34. The summed E-state index contributed by atoms with van der Waals surface area (Å²) in [6.45, 7) is 1.89. The summed E-state index contributed by atoms with van der Waals surface area (Å²) >= 11 is 3.56. The number of rotatable bonds is 4. The standard InChI is InChI=1S/C25H20BrN5O/c1-16-21(24(32)28-20-13-6-3-7-14-20)22(18-11-8-12-19(26)15-18)31-25(27-16)29-23(30-31)17-9-4-2-5-10-17/h2-15,22H,1H3,(H,28,32)(H,27,29,30). The van der Waals surface area contributed by atoms with E-state index in [-0.39, 0.29) is 5.91 Å². The van der Waals surface area contributed by atoms with Crippen molar-refractivity contribution in [3.05, 3.63) is 106 Å². The molecule has 2 heterocycles. The molecule has 5 rings (SSSR count). The third kappa shape index (κ3) is 3.83. The molecular formula is C25H20BrN5O. The number of halogens is 1. The summed E-state index contributed by atoms with van der Waals surface area (Å²) in [6, 6.07) is 26.7. The van der Waals surface area contributed by atoms with Crippen molar-refractivity contribution in [3.63, 3.8) is 0 Å². The summed E-state index contributed by atoms with van der Waals surface area (Å²) in [4.78, 5) is 18.2. The molecule has 1 amide bonds. The Labute approximate surface area is 194 Å². The molecule has 0 saturated heterocycles.